The van der Waals surface area contributed by atoms with Gasteiger partial charge in [0.2, 0.25) is 10.0 Å². The summed E-state index contributed by atoms with van der Waals surface area (Å²) in [5, 5.41) is 2.68. The Morgan fingerprint density at radius 2 is 1.62 bits per heavy atom. The lowest BCUT2D eigenvalue weighted by atomic mass is 10.1. The van der Waals surface area contributed by atoms with Crippen LogP contribution in [-0.2, 0) is 14.8 Å². The van der Waals surface area contributed by atoms with Gasteiger partial charge in [-0.2, -0.15) is 0 Å². The number of para-hydroxylation sites is 1. The molecule has 0 heterocycles. The molecule has 150 valence electrons. The smallest absolute Gasteiger partial charge is 0.262 e. The molecule has 3 aromatic rings. The fourth-order valence-electron chi connectivity index (χ4n) is 2.73. The molecule has 7 heteroatoms. The first-order chi connectivity index (χ1) is 13.9. The van der Waals surface area contributed by atoms with Gasteiger partial charge in [-0.25, -0.2) is 12.7 Å². The Morgan fingerprint density at radius 1 is 0.931 bits per heavy atom. The zero-order chi connectivity index (χ0) is 20.9. The van der Waals surface area contributed by atoms with Gasteiger partial charge in [0.25, 0.3) is 5.91 Å². The minimum absolute atomic E-state index is 0.107. The molecular formula is C22H22N2O4S. The van der Waals surface area contributed by atoms with Crippen molar-refractivity contribution in [2.45, 2.75) is 4.90 Å². The molecule has 3 rings (SSSR count). The predicted molar refractivity (Wildman–Crippen MR) is 113 cm³/mol. The third kappa shape index (κ3) is 5.01. The molecular weight excluding hydrogens is 388 g/mol. The molecule has 6 nitrogen and oxygen atoms in total. The largest absolute Gasteiger partial charge is 0.483 e. The first kappa shape index (κ1) is 20.6. The molecule has 0 fully saturated rings. The molecule has 1 N–H and O–H groups in total. The molecule has 0 aliphatic carbocycles. The number of nitrogens with one attached hydrogen (secondary N) is 1. The first-order valence-electron chi connectivity index (χ1n) is 8.97. The summed E-state index contributed by atoms with van der Waals surface area (Å²) in [5.74, 6) is 0.213. The molecule has 1 amide bonds. The third-order valence-corrected chi connectivity index (χ3v) is 6.04. The average molecular weight is 410 g/mol. The second-order valence-electron chi connectivity index (χ2n) is 6.51. The molecule has 0 aliphatic heterocycles. The Kier molecular flexibility index (Phi) is 6.31. The minimum atomic E-state index is -3.58. The van der Waals surface area contributed by atoms with E-state index in [4.69, 9.17) is 4.74 Å². The molecule has 0 saturated carbocycles. The number of amides is 1. The lowest BCUT2D eigenvalue weighted by Crippen LogP contribution is -2.23. The molecule has 29 heavy (non-hydrogen) atoms. The number of hydrogen-bond donors (Lipinski definition) is 1. The van der Waals surface area contributed by atoms with E-state index < -0.39 is 10.0 Å². The quantitative estimate of drug-likeness (QED) is 0.645. The van der Waals surface area contributed by atoms with Crippen molar-refractivity contribution < 1.29 is 17.9 Å². The van der Waals surface area contributed by atoms with Crippen LogP contribution >= 0.6 is 0 Å². The molecule has 0 atom stereocenters. The van der Waals surface area contributed by atoms with Crippen molar-refractivity contribution in [2.24, 2.45) is 0 Å². The van der Waals surface area contributed by atoms with E-state index in [1.54, 1.807) is 18.2 Å². The molecule has 0 aromatic heterocycles. The summed E-state index contributed by atoms with van der Waals surface area (Å²) in [4.78, 5) is 12.4. The summed E-state index contributed by atoms with van der Waals surface area (Å²) in [5.41, 5.74) is 2.27. The maximum Gasteiger partial charge on any atom is 0.262 e. The van der Waals surface area contributed by atoms with Crippen LogP contribution in [0, 0.1) is 0 Å². The summed E-state index contributed by atoms with van der Waals surface area (Å²) in [6, 6.07) is 23.4. The number of carbonyl (C=O) groups excluding carboxylic acids is 1. The first-order valence-corrected chi connectivity index (χ1v) is 10.4. The standard InChI is InChI=1S/C22H22N2O4S/c1-24(2)29(26,27)19-12-8-11-18(15-19)23-22(25)16-28-21-14-7-6-13-20(21)17-9-4-3-5-10-17/h3-15H,16H2,1-2H3,(H,23,25). The Labute approximate surface area is 170 Å². The fourth-order valence-corrected chi connectivity index (χ4v) is 3.68. The second kappa shape index (κ2) is 8.89. The van der Waals surface area contributed by atoms with Crippen LogP contribution in [0.25, 0.3) is 11.1 Å². The van der Waals surface area contributed by atoms with Crippen molar-refractivity contribution in [2.75, 3.05) is 26.0 Å². The molecule has 0 radical (unpaired) electrons. The Morgan fingerprint density at radius 3 is 2.34 bits per heavy atom. The topological polar surface area (TPSA) is 75.7 Å². The SMILES string of the molecule is CN(C)S(=O)(=O)c1cccc(NC(=O)COc2ccccc2-c2ccccc2)c1. The van der Waals surface area contributed by atoms with Crippen LogP contribution in [0.1, 0.15) is 0 Å². The zero-order valence-corrected chi connectivity index (χ0v) is 17.0. The van der Waals surface area contributed by atoms with Crippen molar-refractivity contribution in [1.82, 2.24) is 4.31 Å². The molecule has 0 spiro atoms. The minimum Gasteiger partial charge on any atom is -0.483 e. The highest BCUT2D eigenvalue weighted by Crippen LogP contribution is 2.29. The van der Waals surface area contributed by atoms with Gasteiger partial charge in [-0.1, -0.05) is 54.6 Å². The Balaban J connectivity index is 1.69. The van der Waals surface area contributed by atoms with Gasteiger partial charge in [0.05, 0.1) is 4.90 Å². The summed E-state index contributed by atoms with van der Waals surface area (Å²) >= 11 is 0. The van der Waals surface area contributed by atoms with Crippen LogP contribution in [0.2, 0.25) is 0 Å². The monoisotopic (exact) mass is 410 g/mol. The van der Waals surface area contributed by atoms with Gasteiger partial charge in [-0.3, -0.25) is 4.79 Å². The lowest BCUT2D eigenvalue weighted by Gasteiger charge is -2.14. The summed E-state index contributed by atoms with van der Waals surface area (Å²) in [7, 11) is -0.662. The van der Waals surface area contributed by atoms with E-state index in [2.05, 4.69) is 5.32 Å². The van der Waals surface area contributed by atoms with Gasteiger partial charge in [0.1, 0.15) is 5.75 Å². The van der Waals surface area contributed by atoms with Gasteiger partial charge >= 0.3 is 0 Å². The van der Waals surface area contributed by atoms with E-state index in [1.165, 1.54) is 26.2 Å². The number of ether oxygens (including phenoxy) is 1. The van der Waals surface area contributed by atoms with E-state index in [-0.39, 0.29) is 17.4 Å². The van der Waals surface area contributed by atoms with Crippen LogP contribution in [0.5, 0.6) is 5.75 Å². The highest BCUT2D eigenvalue weighted by atomic mass is 32.2. The average Bonchev–Trinajstić information content (AvgIpc) is 2.73. The van der Waals surface area contributed by atoms with Crippen molar-refractivity contribution in [3.8, 4) is 16.9 Å². The van der Waals surface area contributed by atoms with Crippen molar-refractivity contribution in [3.05, 3.63) is 78.9 Å². The summed E-state index contributed by atoms with van der Waals surface area (Å²) in [6.45, 7) is -0.200. The number of carbonyl (C=O) groups is 1. The van der Waals surface area contributed by atoms with Crippen LogP contribution in [0.3, 0.4) is 0 Å². The van der Waals surface area contributed by atoms with Gasteiger partial charge in [0, 0.05) is 25.3 Å². The molecule has 3 aromatic carbocycles. The molecule has 0 saturated heterocycles. The Bertz CT molecular complexity index is 1100. The van der Waals surface area contributed by atoms with E-state index in [9.17, 15) is 13.2 Å². The maximum absolute atomic E-state index is 12.3. The highest BCUT2D eigenvalue weighted by molar-refractivity contribution is 7.89. The van der Waals surface area contributed by atoms with Gasteiger partial charge in [-0.05, 0) is 29.8 Å². The maximum atomic E-state index is 12.3. The van der Waals surface area contributed by atoms with Crippen LogP contribution in [0.4, 0.5) is 5.69 Å². The van der Waals surface area contributed by atoms with E-state index >= 15 is 0 Å². The van der Waals surface area contributed by atoms with Crippen LogP contribution in [0.15, 0.2) is 83.8 Å². The predicted octanol–water partition coefficient (Wildman–Crippen LogP) is 3.62. The number of anilines is 1. The summed E-state index contributed by atoms with van der Waals surface area (Å²) in [6.07, 6.45) is 0. The van der Waals surface area contributed by atoms with E-state index in [0.29, 0.717) is 11.4 Å². The van der Waals surface area contributed by atoms with E-state index in [0.717, 1.165) is 15.4 Å². The van der Waals surface area contributed by atoms with Crippen molar-refractivity contribution >= 4 is 21.6 Å². The normalized spacial score (nSPS) is 11.3. The van der Waals surface area contributed by atoms with Crippen LogP contribution < -0.4 is 10.1 Å². The summed E-state index contributed by atoms with van der Waals surface area (Å²) < 4.78 is 31.3. The van der Waals surface area contributed by atoms with Gasteiger partial charge in [-0.15, -0.1) is 0 Å². The van der Waals surface area contributed by atoms with Crippen molar-refractivity contribution in [1.29, 1.82) is 0 Å². The highest BCUT2D eigenvalue weighted by Gasteiger charge is 2.17. The van der Waals surface area contributed by atoms with Crippen LogP contribution in [-0.4, -0.2) is 39.3 Å². The third-order valence-electron chi connectivity index (χ3n) is 4.23. The molecule has 0 aliphatic rings. The fraction of sp³-hybridized carbons (Fsp3) is 0.136. The van der Waals surface area contributed by atoms with Crippen molar-refractivity contribution in [3.63, 3.8) is 0 Å². The molecule has 0 unspecified atom stereocenters. The van der Waals surface area contributed by atoms with E-state index in [1.807, 2.05) is 48.5 Å². The number of benzene rings is 3. The molecule has 0 bridgehead atoms. The number of sulfonamides is 1. The Hall–Kier alpha value is -3.16. The van der Waals surface area contributed by atoms with Gasteiger partial charge < -0.3 is 10.1 Å². The number of hydrogen-bond acceptors (Lipinski definition) is 4. The lowest BCUT2D eigenvalue weighted by molar-refractivity contribution is -0.118. The zero-order valence-electron chi connectivity index (χ0n) is 16.2. The van der Waals surface area contributed by atoms with Gasteiger partial charge in [0.15, 0.2) is 6.61 Å². The number of nitrogens with zero attached hydrogens (tertiary/aromatic N) is 1. The number of rotatable bonds is 7. The second-order valence-corrected chi connectivity index (χ2v) is 8.67.